The van der Waals surface area contributed by atoms with Crippen molar-refractivity contribution >= 4 is 0 Å². The van der Waals surface area contributed by atoms with Crippen molar-refractivity contribution in [3.8, 4) is 0 Å². The van der Waals surface area contributed by atoms with E-state index in [0.29, 0.717) is 0 Å². The minimum absolute atomic E-state index is 0. The Labute approximate surface area is 46.3 Å². The van der Waals surface area contributed by atoms with E-state index in [4.69, 9.17) is 4.74 Å². The number of ether oxygens (including phenoxy) is 1. The Morgan fingerprint density at radius 2 is 2.43 bits per heavy atom. The fourth-order valence-electron chi connectivity index (χ4n) is 0.393. The maximum atomic E-state index is 4.80. The first kappa shape index (κ1) is 6.92. The molecule has 0 saturated carbocycles. The van der Waals surface area contributed by atoms with Crippen LogP contribution in [0.25, 0.3) is 0 Å². The lowest BCUT2D eigenvalue weighted by atomic mass is 10.5. The van der Waals surface area contributed by atoms with Gasteiger partial charge in [-0.2, -0.15) is 0 Å². The van der Waals surface area contributed by atoms with Gasteiger partial charge in [0.2, 0.25) is 0 Å². The Hall–Kier alpha value is -0.0800. The van der Waals surface area contributed by atoms with Crippen LogP contribution >= 0.6 is 0 Å². The molecule has 1 N–H and O–H groups in total. The van der Waals surface area contributed by atoms with E-state index in [1.807, 2.05) is 7.05 Å². The van der Waals surface area contributed by atoms with Gasteiger partial charge in [-0.1, -0.05) is 0 Å². The van der Waals surface area contributed by atoms with Gasteiger partial charge in [-0.25, -0.2) is 0 Å². The highest BCUT2D eigenvalue weighted by Crippen LogP contribution is 1.73. The summed E-state index contributed by atoms with van der Waals surface area (Å²) in [5.74, 6) is 0. The third-order valence-electron chi connectivity index (χ3n) is 0.775. The smallest absolute Gasteiger partial charge is 0.0474 e. The van der Waals surface area contributed by atoms with Crippen molar-refractivity contribution < 1.29 is 6.16 Å². The minimum Gasteiger partial charge on any atom is -0.385 e. The van der Waals surface area contributed by atoms with Gasteiger partial charge in [0.1, 0.15) is 0 Å². The lowest BCUT2D eigenvalue weighted by molar-refractivity contribution is 0.195. The molecular formula is C5H15NO. The van der Waals surface area contributed by atoms with E-state index in [1.54, 1.807) is 7.11 Å². The molecule has 0 aliphatic rings. The molecule has 0 radical (unpaired) electrons. The second kappa shape index (κ2) is 5.92. The summed E-state index contributed by atoms with van der Waals surface area (Å²) in [6.07, 6.45) is 1.10. The quantitative estimate of drug-likeness (QED) is 0.525. The largest absolute Gasteiger partial charge is 0.385 e. The summed E-state index contributed by atoms with van der Waals surface area (Å²) in [7, 11) is 3.66. The predicted molar refractivity (Wildman–Crippen MR) is 32.5 cm³/mol. The Morgan fingerprint density at radius 3 is 2.86 bits per heavy atom. The highest BCUT2D eigenvalue weighted by molar-refractivity contribution is 4.36. The zero-order valence-corrected chi connectivity index (χ0v) is 5.03. The molecule has 0 amide bonds. The lowest BCUT2D eigenvalue weighted by Crippen LogP contribution is -2.09. The third-order valence-corrected chi connectivity index (χ3v) is 0.775. The molecule has 46 valence electrons. The van der Waals surface area contributed by atoms with Gasteiger partial charge in [0.05, 0.1) is 0 Å². The summed E-state index contributed by atoms with van der Waals surface area (Å²) in [5, 5.41) is 3.02. The summed E-state index contributed by atoms with van der Waals surface area (Å²) in [4.78, 5) is 0. The first-order chi connectivity index (χ1) is 3.41. The molecule has 0 aromatic rings. The third kappa shape index (κ3) is 5.92. The summed E-state index contributed by atoms with van der Waals surface area (Å²) in [5.41, 5.74) is 0. The Morgan fingerprint density at radius 1 is 1.71 bits per heavy atom. The molecule has 7 heavy (non-hydrogen) atoms. The van der Waals surface area contributed by atoms with E-state index < -0.39 is 0 Å². The van der Waals surface area contributed by atoms with Crippen molar-refractivity contribution in [2.45, 2.75) is 6.42 Å². The molecule has 0 heterocycles. The Bertz CT molecular complexity index is 31.6. The summed E-state index contributed by atoms with van der Waals surface area (Å²) in [6, 6.07) is 0. The fourth-order valence-corrected chi connectivity index (χ4v) is 0.393. The summed E-state index contributed by atoms with van der Waals surface area (Å²) >= 11 is 0. The molecule has 0 aromatic heterocycles. The van der Waals surface area contributed by atoms with Gasteiger partial charge in [-0.15, -0.1) is 0 Å². The van der Waals surface area contributed by atoms with Crippen LogP contribution in [0.15, 0.2) is 0 Å². The van der Waals surface area contributed by atoms with Crippen molar-refractivity contribution in [1.82, 2.24) is 5.32 Å². The molecule has 0 fully saturated rings. The maximum absolute atomic E-state index is 4.80. The van der Waals surface area contributed by atoms with Gasteiger partial charge >= 0.3 is 0 Å². The molecule has 2 nitrogen and oxygen atoms in total. The van der Waals surface area contributed by atoms with E-state index in [2.05, 4.69) is 5.32 Å². The monoisotopic (exact) mass is 105 g/mol. The van der Waals surface area contributed by atoms with Gasteiger partial charge in [0.15, 0.2) is 0 Å². The van der Waals surface area contributed by atoms with Crippen LogP contribution in [0.5, 0.6) is 0 Å². The van der Waals surface area contributed by atoms with E-state index in [0.717, 1.165) is 19.6 Å². The van der Waals surface area contributed by atoms with Crippen LogP contribution < -0.4 is 5.32 Å². The second-order valence-corrected chi connectivity index (χ2v) is 1.45. The highest BCUT2D eigenvalue weighted by atomic mass is 16.5. The molecule has 0 saturated heterocycles. The number of hydrogen-bond acceptors (Lipinski definition) is 2. The summed E-state index contributed by atoms with van der Waals surface area (Å²) in [6.45, 7) is 1.91. The van der Waals surface area contributed by atoms with Crippen LogP contribution in [0, 0.1) is 0 Å². The van der Waals surface area contributed by atoms with Crippen LogP contribution in [-0.4, -0.2) is 27.3 Å². The molecule has 0 rings (SSSR count). The molecule has 0 aliphatic heterocycles. The van der Waals surface area contributed by atoms with Crippen molar-refractivity contribution in [1.29, 1.82) is 0 Å². The number of rotatable bonds is 4. The van der Waals surface area contributed by atoms with Crippen molar-refractivity contribution in [2.75, 3.05) is 27.3 Å². The van der Waals surface area contributed by atoms with E-state index in [1.165, 1.54) is 0 Å². The molecule has 2 heteroatoms. The van der Waals surface area contributed by atoms with Crippen LogP contribution in [0.4, 0.5) is 0 Å². The van der Waals surface area contributed by atoms with E-state index >= 15 is 0 Å². The Kier molecular flexibility index (Phi) is 5.85. The molecule has 0 atom stereocenters. The number of hydrogen-bond donors (Lipinski definition) is 1. The molecular weight excluding hydrogens is 90.1 g/mol. The zero-order valence-electron chi connectivity index (χ0n) is 5.03. The van der Waals surface area contributed by atoms with Crippen LogP contribution in [0.3, 0.4) is 0 Å². The fraction of sp³-hybridized carbons (Fsp3) is 1.00. The van der Waals surface area contributed by atoms with Gasteiger partial charge in [0, 0.05) is 15.1 Å². The maximum Gasteiger partial charge on any atom is 0.0474 e. The van der Waals surface area contributed by atoms with Crippen molar-refractivity contribution in [2.24, 2.45) is 0 Å². The van der Waals surface area contributed by atoms with E-state index in [-0.39, 0.29) is 1.43 Å². The van der Waals surface area contributed by atoms with Gasteiger partial charge < -0.3 is 10.1 Å². The summed E-state index contributed by atoms with van der Waals surface area (Å²) < 4.78 is 4.80. The number of nitrogens with one attached hydrogen (secondary N) is 1. The average Bonchev–Trinajstić information content (AvgIpc) is 1.69. The number of methoxy groups -OCH3 is 1. The lowest BCUT2D eigenvalue weighted by Gasteiger charge is -1.94. The zero-order chi connectivity index (χ0) is 5.54. The van der Waals surface area contributed by atoms with Gasteiger partial charge in [0.25, 0.3) is 0 Å². The topological polar surface area (TPSA) is 21.3 Å². The Balaban J connectivity index is 0. The standard InChI is InChI=1S/C5H13NO.H2/c1-6-4-3-5-7-2;/h6H,3-5H2,1-2H3;1H. The molecule has 0 aromatic carbocycles. The first-order valence-electron chi connectivity index (χ1n) is 2.55. The van der Waals surface area contributed by atoms with Gasteiger partial charge in [-0.3, -0.25) is 0 Å². The molecule has 0 bridgehead atoms. The van der Waals surface area contributed by atoms with Gasteiger partial charge in [-0.05, 0) is 20.0 Å². The second-order valence-electron chi connectivity index (χ2n) is 1.45. The van der Waals surface area contributed by atoms with Crippen LogP contribution in [0.2, 0.25) is 0 Å². The molecule has 0 spiro atoms. The average molecular weight is 105 g/mol. The van der Waals surface area contributed by atoms with Crippen LogP contribution in [0.1, 0.15) is 7.85 Å². The first-order valence-corrected chi connectivity index (χ1v) is 2.55. The molecule has 0 unspecified atom stereocenters. The predicted octanol–water partition coefficient (Wildman–Crippen LogP) is 0.488. The van der Waals surface area contributed by atoms with Crippen molar-refractivity contribution in [3.05, 3.63) is 0 Å². The SMILES string of the molecule is CNCCCOC.[HH]. The highest BCUT2D eigenvalue weighted by Gasteiger charge is 1.78. The molecule has 0 aliphatic carbocycles. The van der Waals surface area contributed by atoms with Crippen LogP contribution in [-0.2, 0) is 4.74 Å². The minimum atomic E-state index is 0. The van der Waals surface area contributed by atoms with E-state index in [9.17, 15) is 0 Å². The normalized spacial score (nSPS) is 9.43. The van der Waals surface area contributed by atoms with Crippen molar-refractivity contribution in [3.63, 3.8) is 0 Å².